The van der Waals surface area contributed by atoms with E-state index in [1.54, 1.807) is 19.9 Å². The normalized spacial score (nSPS) is 12.7. The minimum absolute atomic E-state index is 0.151. The van der Waals surface area contributed by atoms with Crippen LogP contribution in [-0.2, 0) is 5.60 Å². The van der Waals surface area contributed by atoms with Crippen molar-refractivity contribution in [2.24, 2.45) is 0 Å². The predicted molar refractivity (Wildman–Crippen MR) is 62.8 cm³/mol. The largest absolute Gasteiger partial charge is 0.386 e. The number of nitrogens with one attached hydrogen (secondary N) is 1. The first-order chi connectivity index (χ1) is 7.09. The van der Waals surface area contributed by atoms with Gasteiger partial charge in [0.2, 0.25) is 0 Å². The molecule has 1 aromatic rings. The number of rotatable bonds is 2. The van der Waals surface area contributed by atoms with Crippen LogP contribution in [0.15, 0.2) is 12.3 Å². The molecule has 0 aliphatic rings. The Labute approximate surface area is 95.7 Å². The van der Waals surface area contributed by atoms with Crippen molar-refractivity contribution in [2.75, 3.05) is 5.32 Å². The zero-order chi connectivity index (χ0) is 12.6. The maximum atomic E-state index is 13.4. The van der Waals surface area contributed by atoms with Gasteiger partial charge >= 0.3 is 0 Å². The van der Waals surface area contributed by atoms with E-state index in [9.17, 15) is 9.50 Å². The summed E-state index contributed by atoms with van der Waals surface area (Å²) in [6, 6.07) is 1.54. The number of halogens is 1. The van der Waals surface area contributed by atoms with E-state index < -0.39 is 11.4 Å². The Balaban J connectivity index is 3.09. The van der Waals surface area contributed by atoms with Crippen molar-refractivity contribution in [3.8, 4) is 0 Å². The lowest BCUT2D eigenvalue weighted by atomic mass is 9.98. The number of hydrogen-bond acceptors (Lipinski definition) is 3. The maximum Gasteiger partial charge on any atom is 0.147 e. The molecule has 0 radical (unpaired) electrons. The molecule has 2 N–H and O–H groups in total. The molecule has 90 valence electrons. The summed E-state index contributed by atoms with van der Waals surface area (Å²) in [4.78, 5) is 3.94. The van der Waals surface area contributed by atoms with E-state index in [1.807, 2.05) is 20.8 Å². The first-order valence-electron chi connectivity index (χ1n) is 5.26. The van der Waals surface area contributed by atoms with Gasteiger partial charge in [-0.3, -0.25) is 0 Å². The number of aromatic nitrogens is 1. The fourth-order valence-electron chi connectivity index (χ4n) is 1.36. The van der Waals surface area contributed by atoms with Crippen molar-refractivity contribution >= 4 is 5.82 Å². The first kappa shape index (κ1) is 12.9. The molecule has 0 aliphatic heterocycles. The molecule has 0 unspecified atom stereocenters. The van der Waals surface area contributed by atoms with E-state index in [0.29, 0.717) is 5.82 Å². The molecule has 0 amide bonds. The lowest BCUT2D eigenvalue weighted by Gasteiger charge is -2.24. The summed E-state index contributed by atoms with van der Waals surface area (Å²) >= 11 is 0. The van der Waals surface area contributed by atoms with Crippen molar-refractivity contribution in [2.45, 2.75) is 45.8 Å². The molecule has 0 aromatic carbocycles. The van der Waals surface area contributed by atoms with Gasteiger partial charge in [-0.15, -0.1) is 0 Å². The van der Waals surface area contributed by atoms with Crippen LogP contribution in [0.4, 0.5) is 10.2 Å². The fraction of sp³-hybridized carbons (Fsp3) is 0.583. The maximum absolute atomic E-state index is 13.4. The zero-order valence-corrected chi connectivity index (χ0v) is 10.4. The third-order valence-electron chi connectivity index (χ3n) is 2.02. The van der Waals surface area contributed by atoms with Crippen LogP contribution in [0.1, 0.15) is 40.2 Å². The predicted octanol–water partition coefficient (Wildman–Crippen LogP) is 2.66. The van der Waals surface area contributed by atoms with E-state index in [1.165, 1.54) is 0 Å². The summed E-state index contributed by atoms with van der Waals surface area (Å²) in [6.45, 7) is 9.06. The quantitative estimate of drug-likeness (QED) is 0.815. The average Bonchev–Trinajstić information content (AvgIpc) is 2.04. The Morgan fingerprint density at radius 1 is 1.25 bits per heavy atom. The highest BCUT2D eigenvalue weighted by Gasteiger charge is 2.22. The summed E-state index contributed by atoms with van der Waals surface area (Å²) < 4.78 is 13.4. The Kier molecular flexibility index (Phi) is 3.24. The molecule has 0 saturated carbocycles. The molecule has 0 bridgehead atoms. The average molecular weight is 226 g/mol. The van der Waals surface area contributed by atoms with E-state index >= 15 is 0 Å². The van der Waals surface area contributed by atoms with Crippen LogP contribution in [-0.4, -0.2) is 15.6 Å². The summed E-state index contributed by atoms with van der Waals surface area (Å²) in [5.74, 6) is 0.0676. The Bertz CT molecular complexity index is 378. The molecular formula is C12H19FN2O. The van der Waals surface area contributed by atoms with E-state index in [0.717, 1.165) is 6.20 Å². The summed E-state index contributed by atoms with van der Waals surface area (Å²) in [5, 5.41) is 12.9. The minimum Gasteiger partial charge on any atom is -0.386 e. The van der Waals surface area contributed by atoms with E-state index in [4.69, 9.17) is 0 Å². The SMILES string of the molecule is CC(C)(C)Nc1cc(C(C)(C)O)c(F)cn1. The topological polar surface area (TPSA) is 45.1 Å². The van der Waals surface area contributed by atoms with Gasteiger partial charge in [0.05, 0.1) is 11.8 Å². The van der Waals surface area contributed by atoms with Crippen molar-refractivity contribution in [1.29, 1.82) is 0 Å². The zero-order valence-electron chi connectivity index (χ0n) is 10.4. The van der Waals surface area contributed by atoms with Gasteiger partial charge in [0, 0.05) is 11.1 Å². The van der Waals surface area contributed by atoms with Crippen LogP contribution < -0.4 is 5.32 Å². The molecule has 3 nitrogen and oxygen atoms in total. The van der Waals surface area contributed by atoms with Gasteiger partial charge in [-0.2, -0.15) is 0 Å². The molecule has 16 heavy (non-hydrogen) atoms. The molecule has 0 saturated heterocycles. The number of anilines is 1. The van der Waals surface area contributed by atoms with E-state index in [2.05, 4.69) is 10.3 Å². The summed E-state index contributed by atoms with van der Waals surface area (Å²) in [6.07, 6.45) is 1.13. The molecule has 0 fully saturated rings. The van der Waals surface area contributed by atoms with Crippen LogP contribution in [0.3, 0.4) is 0 Å². The van der Waals surface area contributed by atoms with Crippen molar-refractivity contribution in [3.63, 3.8) is 0 Å². The standard InChI is InChI=1S/C12H19FN2O/c1-11(2,3)15-10-6-8(12(4,5)16)9(13)7-14-10/h6-7,16H,1-5H3,(H,14,15). The second-order valence-electron chi connectivity index (χ2n) is 5.48. The van der Waals surface area contributed by atoms with Crippen LogP contribution in [0, 0.1) is 5.82 Å². The third kappa shape index (κ3) is 3.45. The second kappa shape index (κ2) is 4.01. The molecule has 0 aliphatic carbocycles. The summed E-state index contributed by atoms with van der Waals surface area (Å²) in [5.41, 5.74) is -1.11. The Morgan fingerprint density at radius 3 is 2.25 bits per heavy atom. The monoisotopic (exact) mass is 226 g/mol. The smallest absolute Gasteiger partial charge is 0.147 e. The van der Waals surface area contributed by atoms with Crippen molar-refractivity contribution in [1.82, 2.24) is 4.98 Å². The van der Waals surface area contributed by atoms with Crippen LogP contribution in [0.25, 0.3) is 0 Å². The number of aliphatic hydroxyl groups is 1. The van der Waals surface area contributed by atoms with E-state index in [-0.39, 0.29) is 11.1 Å². The molecule has 4 heteroatoms. The molecule has 0 spiro atoms. The van der Waals surface area contributed by atoms with Gasteiger partial charge in [0.1, 0.15) is 11.6 Å². The molecular weight excluding hydrogens is 207 g/mol. The van der Waals surface area contributed by atoms with Crippen LogP contribution in [0.2, 0.25) is 0 Å². The lowest BCUT2D eigenvalue weighted by molar-refractivity contribution is 0.0744. The number of hydrogen-bond donors (Lipinski definition) is 2. The van der Waals surface area contributed by atoms with Gasteiger partial charge < -0.3 is 10.4 Å². The fourth-order valence-corrected chi connectivity index (χ4v) is 1.36. The first-order valence-corrected chi connectivity index (χ1v) is 5.26. The highest BCUT2D eigenvalue weighted by molar-refractivity contribution is 5.41. The molecule has 1 aromatic heterocycles. The second-order valence-corrected chi connectivity index (χ2v) is 5.48. The third-order valence-corrected chi connectivity index (χ3v) is 2.02. The van der Waals surface area contributed by atoms with Gasteiger partial charge in [-0.05, 0) is 40.7 Å². The number of pyridine rings is 1. The molecule has 0 atom stereocenters. The molecule has 1 rings (SSSR count). The van der Waals surface area contributed by atoms with Gasteiger partial charge in [0.15, 0.2) is 0 Å². The van der Waals surface area contributed by atoms with Crippen molar-refractivity contribution < 1.29 is 9.50 Å². The highest BCUT2D eigenvalue weighted by Crippen LogP contribution is 2.25. The van der Waals surface area contributed by atoms with Crippen molar-refractivity contribution in [3.05, 3.63) is 23.6 Å². The molecule has 1 heterocycles. The summed E-state index contributed by atoms with van der Waals surface area (Å²) in [7, 11) is 0. The Hall–Kier alpha value is -1.16. The van der Waals surface area contributed by atoms with Gasteiger partial charge in [-0.1, -0.05) is 0 Å². The Morgan fingerprint density at radius 2 is 1.81 bits per heavy atom. The van der Waals surface area contributed by atoms with Crippen LogP contribution >= 0.6 is 0 Å². The highest BCUT2D eigenvalue weighted by atomic mass is 19.1. The van der Waals surface area contributed by atoms with Crippen LogP contribution in [0.5, 0.6) is 0 Å². The lowest BCUT2D eigenvalue weighted by Crippen LogP contribution is -2.27. The van der Waals surface area contributed by atoms with Gasteiger partial charge in [0.25, 0.3) is 0 Å². The minimum atomic E-state index is -1.21. The number of nitrogens with zero attached hydrogens (tertiary/aromatic N) is 1. The van der Waals surface area contributed by atoms with Gasteiger partial charge in [-0.25, -0.2) is 9.37 Å².